The molecule has 0 aliphatic carbocycles. The maximum atomic E-state index is 11.3. The average molecular weight is 274 g/mol. The minimum absolute atomic E-state index is 0.0859. The lowest BCUT2D eigenvalue weighted by Gasteiger charge is -2.39. The molecule has 0 saturated carbocycles. The molecule has 106 valence electrons. The zero-order chi connectivity index (χ0) is 14.4. The van der Waals surface area contributed by atoms with Gasteiger partial charge in [0.2, 0.25) is 0 Å². The minimum Gasteiger partial charge on any atom is -0.469 e. The molecule has 0 fully saturated rings. The van der Waals surface area contributed by atoms with E-state index in [1.165, 1.54) is 7.11 Å². The number of carbonyl (C=O) groups excluding carboxylic acids is 2. The quantitative estimate of drug-likeness (QED) is 0.407. The number of carbonyl (C=O) groups is 2. The normalized spacial score (nSPS) is 14.1. The molecule has 1 unspecified atom stereocenters. The maximum Gasteiger partial charge on any atom is 0.308 e. The Labute approximate surface area is 111 Å². The van der Waals surface area contributed by atoms with Gasteiger partial charge in [0.1, 0.15) is 6.29 Å². The van der Waals surface area contributed by atoms with Crippen LogP contribution in [0.4, 0.5) is 0 Å². The van der Waals surface area contributed by atoms with Crippen LogP contribution >= 0.6 is 0 Å². The van der Waals surface area contributed by atoms with Gasteiger partial charge in [0.05, 0.1) is 19.6 Å². The molecule has 18 heavy (non-hydrogen) atoms. The van der Waals surface area contributed by atoms with Crippen molar-refractivity contribution < 1.29 is 18.8 Å². The second-order valence-corrected chi connectivity index (χ2v) is 10.8. The molecule has 0 spiro atoms. The van der Waals surface area contributed by atoms with Gasteiger partial charge in [-0.1, -0.05) is 20.8 Å². The first-order valence-electron chi connectivity index (χ1n) is 6.32. The van der Waals surface area contributed by atoms with Crippen LogP contribution in [0.25, 0.3) is 0 Å². The Morgan fingerprint density at radius 3 is 2.28 bits per heavy atom. The first kappa shape index (κ1) is 17.3. The highest BCUT2D eigenvalue weighted by atomic mass is 28.4. The largest absolute Gasteiger partial charge is 0.469 e. The predicted molar refractivity (Wildman–Crippen MR) is 74.0 cm³/mol. The first-order valence-corrected chi connectivity index (χ1v) is 9.23. The Morgan fingerprint density at radius 2 is 1.89 bits per heavy atom. The van der Waals surface area contributed by atoms with Crippen molar-refractivity contribution in [2.75, 3.05) is 7.11 Å². The zero-order valence-corrected chi connectivity index (χ0v) is 13.4. The highest BCUT2D eigenvalue weighted by Crippen LogP contribution is 2.38. The molecule has 1 atom stereocenters. The number of rotatable bonds is 7. The summed E-state index contributed by atoms with van der Waals surface area (Å²) in [5.41, 5.74) is 0. The van der Waals surface area contributed by atoms with Gasteiger partial charge in [0, 0.05) is 6.42 Å². The maximum absolute atomic E-state index is 11.3. The number of esters is 1. The van der Waals surface area contributed by atoms with Crippen molar-refractivity contribution in [1.29, 1.82) is 0 Å². The summed E-state index contributed by atoms with van der Waals surface area (Å²) in [5, 5.41) is 0.0859. The van der Waals surface area contributed by atoms with Gasteiger partial charge in [0.25, 0.3) is 0 Å². The van der Waals surface area contributed by atoms with Gasteiger partial charge in [-0.15, -0.1) is 0 Å². The van der Waals surface area contributed by atoms with E-state index in [0.717, 1.165) is 6.29 Å². The Balaban J connectivity index is 4.66. The van der Waals surface area contributed by atoms with E-state index in [4.69, 9.17) is 4.43 Å². The lowest BCUT2D eigenvalue weighted by molar-refractivity contribution is -0.142. The third-order valence-electron chi connectivity index (χ3n) is 3.50. The molecule has 0 radical (unpaired) electrons. The van der Waals surface area contributed by atoms with E-state index in [1.54, 1.807) is 0 Å². The summed E-state index contributed by atoms with van der Waals surface area (Å²) in [6, 6.07) is 0. The number of hydrogen-bond donors (Lipinski definition) is 0. The lowest BCUT2D eigenvalue weighted by atomic mass is 10.1. The number of hydrogen-bond acceptors (Lipinski definition) is 4. The Hall–Kier alpha value is -0.683. The van der Waals surface area contributed by atoms with E-state index >= 15 is 0 Å². The Bertz CT molecular complexity index is 281. The molecule has 0 aliphatic heterocycles. The molecule has 0 N–H and O–H groups in total. The summed E-state index contributed by atoms with van der Waals surface area (Å²) in [5.74, 6) is -0.287. The third-order valence-corrected chi connectivity index (χ3v) is 8.03. The van der Waals surface area contributed by atoms with Crippen LogP contribution in [0, 0.1) is 0 Å². The molecule has 0 saturated heterocycles. The molecule has 0 aromatic carbocycles. The van der Waals surface area contributed by atoms with E-state index in [9.17, 15) is 9.59 Å². The average Bonchev–Trinajstić information content (AvgIpc) is 2.23. The highest BCUT2D eigenvalue weighted by Gasteiger charge is 2.39. The summed E-state index contributed by atoms with van der Waals surface area (Å²) in [4.78, 5) is 21.8. The van der Waals surface area contributed by atoms with Gasteiger partial charge in [-0.05, 0) is 24.6 Å². The molecule has 5 heteroatoms. The summed E-state index contributed by atoms with van der Waals surface area (Å²) >= 11 is 0. The second kappa shape index (κ2) is 7.04. The van der Waals surface area contributed by atoms with E-state index < -0.39 is 8.32 Å². The zero-order valence-electron chi connectivity index (χ0n) is 12.4. The van der Waals surface area contributed by atoms with Crippen molar-refractivity contribution in [3.8, 4) is 0 Å². The molecule has 0 aromatic heterocycles. The molecular weight excluding hydrogens is 248 g/mol. The van der Waals surface area contributed by atoms with Crippen LogP contribution in [0.5, 0.6) is 0 Å². The topological polar surface area (TPSA) is 52.6 Å². The molecule has 4 nitrogen and oxygen atoms in total. The molecule has 0 amide bonds. The predicted octanol–water partition coefficient (Wildman–Crippen LogP) is 2.92. The monoisotopic (exact) mass is 274 g/mol. The number of methoxy groups -OCH3 is 1. The summed E-state index contributed by atoms with van der Waals surface area (Å²) in [6.45, 7) is 10.7. The van der Waals surface area contributed by atoms with Crippen LogP contribution in [0.15, 0.2) is 0 Å². The van der Waals surface area contributed by atoms with Crippen LogP contribution in [-0.4, -0.2) is 33.8 Å². The van der Waals surface area contributed by atoms with Crippen LogP contribution in [0.1, 0.15) is 40.0 Å². The summed E-state index contributed by atoms with van der Waals surface area (Å²) in [7, 11) is -0.555. The number of aldehydes is 1. The molecular formula is C13H26O4Si. The fraction of sp³-hybridized carbons (Fsp3) is 0.846. The van der Waals surface area contributed by atoms with Crippen molar-refractivity contribution in [1.82, 2.24) is 0 Å². The van der Waals surface area contributed by atoms with Crippen molar-refractivity contribution >= 4 is 20.6 Å². The van der Waals surface area contributed by atoms with Crippen molar-refractivity contribution in [3.63, 3.8) is 0 Å². The second-order valence-electron chi connectivity index (χ2n) is 6.02. The van der Waals surface area contributed by atoms with Crippen LogP contribution in [0.2, 0.25) is 18.1 Å². The fourth-order valence-corrected chi connectivity index (χ4v) is 2.71. The molecule has 0 aromatic rings. The smallest absolute Gasteiger partial charge is 0.308 e. The lowest BCUT2D eigenvalue weighted by Crippen LogP contribution is -2.44. The van der Waals surface area contributed by atoms with Crippen LogP contribution < -0.4 is 0 Å². The van der Waals surface area contributed by atoms with Crippen LogP contribution in [0.3, 0.4) is 0 Å². The SMILES string of the molecule is COC(=O)CC(CCC=O)O[Si](C)(C)C(C)(C)C. The first-order chi connectivity index (χ1) is 8.14. The standard InChI is InChI=1S/C13H26O4Si/c1-13(2,3)18(5,6)17-11(8-7-9-14)10-12(15)16-4/h9,11H,7-8,10H2,1-6H3. The minimum atomic E-state index is -1.92. The van der Waals surface area contributed by atoms with E-state index in [1.807, 2.05) is 0 Å². The van der Waals surface area contributed by atoms with Gasteiger partial charge in [0.15, 0.2) is 8.32 Å². The van der Waals surface area contributed by atoms with Crippen molar-refractivity contribution in [3.05, 3.63) is 0 Å². The van der Waals surface area contributed by atoms with E-state index in [0.29, 0.717) is 12.8 Å². The number of ether oxygens (including phenoxy) is 1. The van der Waals surface area contributed by atoms with Gasteiger partial charge in [-0.2, -0.15) is 0 Å². The van der Waals surface area contributed by atoms with Crippen LogP contribution in [-0.2, 0) is 18.8 Å². The Morgan fingerprint density at radius 1 is 1.33 bits per heavy atom. The van der Waals surface area contributed by atoms with Crippen molar-refractivity contribution in [2.45, 2.75) is 64.3 Å². The van der Waals surface area contributed by atoms with E-state index in [2.05, 4.69) is 38.6 Å². The Kier molecular flexibility index (Phi) is 6.77. The summed E-state index contributed by atoms with van der Waals surface area (Å²) < 4.78 is 10.8. The highest BCUT2D eigenvalue weighted by molar-refractivity contribution is 6.74. The third kappa shape index (κ3) is 5.77. The van der Waals surface area contributed by atoms with Gasteiger partial charge in [-0.3, -0.25) is 4.79 Å². The fourth-order valence-electron chi connectivity index (χ4n) is 1.32. The van der Waals surface area contributed by atoms with Gasteiger partial charge < -0.3 is 14.0 Å². The molecule has 0 bridgehead atoms. The molecule has 0 heterocycles. The molecule has 0 rings (SSSR count). The summed E-state index contributed by atoms with van der Waals surface area (Å²) in [6.07, 6.45) is 1.85. The van der Waals surface area contributed by atoms with Gasteiger partial charge >= 0.3 is 5.97 Å². The van der Waals surface area contributed by atoms with Crippen molar-refractivity contribution in [2.24, 2.45) is 0 Å². The van der Waals surface area contributed by atoms with E-state index in [-0.39, 0.29) is 23.5 Å². The van der Waals surface area contributed by atoms with Gasteiger partial charge in [-0.25, -0.2) is 0 Å². The molecule has 0 aliphatic rings.